The number of nitrogens with one attached hydrogen (secondary N) is 1. The number of amides is 1. The Morgan fingerprint density at radius 2 is 2.17 bits per heavy atom. The number of H-pyrrole nitrogens is 1. The lowest BCUT2D eigenvalue weighted by atomic mass is 10.1. The number of pyridine rings is 1. The summed E-state index contributed by atoms with van der Waals surface area (Å²) >= 11 is 6.05. The smallest absolute Gasteiger partial charge is 0.270 e. The maximum atomic E-state index is 13.0. The quantitative estimate of drug-likeness (QED) is 0.551. The van der Waals surface area contributed by atoms with E-state index in [1.807, 2.05) is 47.5 Å². The molecular weight excluding hydrogens is 388 g/mol. The van der Waals surface area contributed by atoms with Gasteiger partial charge in [-0.2, -0.15) is 0 Å². The molecule has 0 unspecified atom stereocenters. The molecule has 1 aliphatic rings. The summed E-state index contributed by atoms with van der Waals surface area (Å²) in [5, 5.41) is 1.58. The molecule has 1 amide bonds. The molecule has 0 saturated carbocycles. The van der Waals surface area contributed by atoms with E-state index in [2.05, 4.69) is 15.0 Å². The molecule has 1 aliphatic heterocycles. The van der Waals surface area contributed by atoms with Crippen molar-refractivity contribution in [3.05, 3.63) is 82.4 Å². The first kappa shape index (κ1) is 17.9. The number of nitrogens with zero attached hydrogens (tertiary/aromatic N) is 3. The molecular formula is C22H19ClN4O2. The molecule has 4 heterocycles. The summed E-state index contributed by atoms with van der Waals surface area (Å²) in [4.78, 5) is 26.7. The number of rotatable bonds is 4. The van der Waals surface area contributed by atoms with Gasteiger partial charge in [-0.25, -0.2) is 4.98 Å². The van der Waals surface area contributed by atoms with Crippen LogP contribution in [-0.4, -0.2) is 32.3 Å². The lowest BCUT2D eigenvalue weighted by Gasteiger charge is -2.24. The van der Waals surface area contributed by atoms with Crippen molar-refractivity contribution >= 4 is 28.4 Å². The molecule has 6 nitrogen and oxygen atoms in total. The Hall–Kier alpha value is -3.12. The summed E-state index contributed by atoms with van der Waals surface area (Å²) in [6.45, 7) is 1.07. The molecule has 0 atom stereocenters. The van der Waals surface area contributed by atoms with E-state index in [1.165, 1.54) is 0 Å². The maximum Gasteiger partial charge on any atom is 0.270 e. The van der Waals surface area contributed by atoms with Gasteiger partial charge in [-0.05, 0) is 42.3 Å². The van der Waals surface area contributed by atoms with Crippen LogP contribution in [-0.2, 0) is 25.8 Å². The number of halogens is 1. The minimum absolute atomic E-state index is 0.0390. The Morgan fingerprint density at radius 1 is 1.24 bits per heavy atom. The zero-order chi connectivity index (χ0) is 19.8. The van der Waals surface area contributed by atoms with Crippen LogP contribution in [0.2, 0.25) is 5.02 Å². The molecule has 0 saturated heterocycles. The first-order chi connectivity index (χ1) is 14.2. The number of aromatic nitrogens is 3. The van der Waals surface area contributed by atoms with Gasteiger partial charge in [0.15, 0.2) is 5.89 Å². The molecule has 3 aromatic heterocycles. The van der Waals surface area contributed by atoms with E-state index in [-0.39, 0.29) is 5.91 Å². The number of aromatic amines is 1. The number of aryl methyl sites for hydroxylation is 2. The van der Waals surface area contributed by atoms with Crippen molar-refractivity contribution in [1.29, 1.82) is 0 Å². The molecule has 1 aromatic carbocycles. The highest BCUT2D eigenvalue weighted by Crippen LogP contribution is 2.24. The lowest BCUT2D eigenvalue weighted by Crippen LogP contribution is -2.36. The topological polar surface area (TPSA) is 75.0 Å². The Bertz CT molecular complexity index is 1180. The van der Waals surface area contributed by atoms with Crippen molar-refractivity contribution in [1.82, 2.24) is 19.9 Å². The Balaban J connectivity index is 1.29. The predicted octanol–water partition coefficient (Wildman–Crippen LogP) is 4.19. The number of hydrogen-bond donors (Lipinski definition) is 1. The number of carbonyl (C=O) groups excluding carboxylic acids is 1. The second-order valence-corrected chi connectivity index (χ2v) is 7.67. The van der Waals surface area contributed by atoms with Crippen molar-refractivity contribution in [2.45, 2.75) is 25.8 Å². The minimum atomic E-state index is -0.0390. The first-order valence-corrected chi connectivity index (χ1v) is 9.97. The second kappa shape index (κ2) is 7.37. The molecule has 0 bridgehead atoms. The van der Waals surface area contributed by atoms with Gasteiger partial charge in [0.05, 0.1) is 6.54 Å². The average molecular weight is 407 g/mol. The fourth-order valence-electron chi connectivity index (χ4n) is 3.72. The monoisotopic (exact) mass is 406 g/mol. The van der Waals surface area contributed by atoms with Gasteiger partial charge < -0.3 is 14.3 Å². The third-order valence-electron chi connectivity index (χ3n) is 5.22. The SMILES string of the molecule is O=C(c1cc2cc(Cl)ccc2[nH]1)N1CCc2oc(CCc3cccnc3)nc2C1. The third-order valence-corrected chi connectivity index (χ3v) is 5.46. The summed E-state index contributed by atoms with van der Waals surface area (Å²) in [6.07, 6.45) is 5.84. The van der Waals surface area contributed by atoms with E-state index in [0.29, 0.717) is 36.1 Å². The van der Waals surface area contributed by atoms with Crippen LogP contribution in [0.15, 0.2) is 53.2 Å². The summed E-state index contributed by atoms with van der Waals surface area (Å²) in [6, 6.07) is 11.4. The fraction of sp³-hybridized carbons (Fsp3) is 0.227. The van der Waals surface area contributed by atoms with Gasteiger partial charge in [-0.3, -0.25) is 9.78 Å². The van der Waals surface area contributed by atoms with Crippen molar-refractivity contribution in [3.8, 4) is 0 Å². The van der Waals surface area contributed by atoms with Gasteiger partial charge in [0, 0.05) is 47.7 Å². The number of benzene rings is 1. The zero-order valence-corrected chi connectivity index (χ0v) is 16.4. The number of carbonyl (C=O) groups is 1. The van der Waals surface area contributed by atoms with Crippen LogP contribution in [0.25, 0.3) is 10.9 Å². The van der Waals surface area contributed by atoms with Crippen molar-refractivity contribution in [2.24, 2.45) is 0 Å². The molecule has 29 heavy (non-hydrogen) atoms. The fourth-order valence-corrected chi connectivity index (χ4v) is 3.90. The van der Waals surface area contributed by atoms with E-state index >= 15 is 0 Å². The second-order valence-electron chi connectivity index (χ2n) is 7.23. The van der Waals surface area contributed by atoms with Gasteiger partial charge in [-0.1, -0.05) is 17.7 Å². The minimum Gasteiger partial charge on any atom is -0.445 e. The van der Waals surface area contributed by atoms with Crippen LogP contribution in [0.1, 0.15) is 33.4 Å². The normalized spacial score (nSPS) is 13.6. The molecule has 146 valence electrons. The molecule has 4 aromatic rings. The first-order valence-electron chi connectivity index (χ1n) is 9.59. The largest absolute Gasteiger partial charge is 0.445 e. The highest BCUT2D eigenvalue weighted by molar-refractivity contribution is 6.31. The average Bonchev–Trinajstić information content (AvgIpc) is 3.35. The van der Waals surface area contributed by atoms with E-state index in [0.717, 1.165) is 40.8 Å². The summed E-state index contributed by atoms with van der Waals surface area (Å²) in [5.74, 6) is 1.56. The van der Waals surface area contributed by atoms with Gasteiger partial charge in [0.25, 0.3) is 5.91 Å². The molecule has 0 fully saturated rings. The summed E-state index contributed by atoms with van der Waals surface area (Å²) in [7, 11) is 0. The Labute approximate surface area is 172 Å². The highest BCUT2D eigenvalue weighted by atomic mass is 35.5. The van der Waals surface area contributed by atoms with E-state index in [9.17, 15) is 4.79 Å². The molecule has 5 rings (SSSR count). The van der Waals surface area contributed by atoms with Gasteiger partial charge in [0.1, 0.15) is 17.1 Å². The van der Waals surface area contributed by atoms with Crippen molar-refractivity contribution in [3.63, 3.8) is 0 Å². The van der Waals surface area contributed by atoms with Crippen molar-refractivity contribution in [2.75, 3.05) is 6.54 Å². The number of hydrogen-bond acceptors (Lipinski definition) is 4. The Morgan fingerprint density at radius 3 is 3.03 bits per heavy atom. The van der Waals surface area contributed by atoms with Crippen LogP contribution in [0.3, 0.4) is 0 Å². The summed E-state index contributed by atoms with van der Waals surface area (Å²) in [5.41, 5.74) is 3.46. The highest BCUT2D eigenvalue weighted by Gasteiger charge is 2.27. The maximum absolute atomic E-state index is 13.0. The predicted molar refractivity (Wildman–Crippen MR) is 110 cm³/mol. The van der Waals surface area contributed by atoms with Crippen LogP contribution in [0.4, 0.5) is 0 Å². The van der Waals surface area contributed by atoms with Crippen LogP contribution in [0, 0.1) is 0 Å². The lowest BCUT2D eigenvalue weighted by molar-refractivity contribution is 0.0723. The van der Waals surface area contributed by atoms with Crippen molar-refractivity contribution < 1.29 is 9.21 Å². The molecule has 0 aliphatic carbocycles. The third kappa shape index (κ3) is 3.63. The van der Waals surface area contributed by atoms with Gasteiger partial charge in [-0.15, -0.1) is 0 Å². The molecule has 1 N–H and O–H groups in total. The van der Waals surface area contributed by atoms with Gasteiger partial charge >= 0.3 is 0 Å². The van der Waals surface area contributed by atoms with E-state index < -0.39 is 0 Å². The molecule has 0 spiro atoms. The standard InChI is InChI=1S/C22H19ClN4O2/c23-16-4-5-17-15(10-16)11-18(25-17)22(28)27-9-7-20-19(13-27)26-21(29-20)6-3-14-2-1-8-24-12-14/h1-2,4-5,8,10-12,25H,3,6-7,9,13H2. The van der Waals surface area contributed by atoms with Crippen LogP contribution >= 0.6 is 11.6 Å². The Kier molecular flexibility index (Phi) is 4.56. The van der Waals surface area contributed by atoms with Gasteiger partial charge in [0.2, 0.25) is 0 Å². The molecule has 7 heteroatoms. The zero-order valence-electron chi connectivity index (χ0n) is 15.7. The molecule has 0 radical (unpaired) electrons. The van der Waals surface area contributed by atoms with E-state index in [4.69, 9.17) is 16.0 Å². The summed E-state index contributed by atoms with van der Waals surface area (Å²) < 4.78 is 5.93. The van der Waals surface area contributed by atoms with E-state index in [1.54, 1.807) is 6.20 Å². The van der Waals surface area contributed by atoms with Crippen LogP contribution < -0.4 is 0 Å². The number of oxazole rings is 1. The van der Waals surface area contributed by atoms with Crippen LogP contribution in [0.5, 0.6) is 0 Å². The number of fused-ring (bicyclic) bond motifs is 2.